The molecule has 1 heterocycles. The first kappa shape index (κ1) is 18.9. The molecule has 2 aromatic carbocycles. The van der Waals surface area contributed by atoms with Crippen molar-refractivity contribution in [1.82, 2.24) is 4.68 Å². The molecule has 6 heteroatoms. The number of hydrogen-bond acceptors (Lipinski definition) is 3. The van der Waals surface area contributed by atoms with Crippen LogP contribution in [0, 0.1) is 18.6 Å². The number of thiazole rings is 1. The quantitative estimate of drug-likeness (QED) is 0.430. The smallest absolute Gasteiger partial charge is 0.206 e. The average Bonchev–Trinajstić information content (AvgIpc) is 3.04. The van der Waals surface area contributed by atoms with Gasteiger partial charge in [-0.05, 0) is 31.5 Å². The normalized spacial score (nSPS) is 12.1. The molecule has 0 aliphatic heterocycles. The van der Waals surface area contributed by atoms with Crippen molar-refractivity contribution in [1.29, 1.82) is 0 Å². The van der Waals surface area contributed by atoms with Gasteiger partial charge in [0.05, 0.1) is 18.5 Å². The second-order valence-electron chi connectivity index (χ2n) is 6.27. The standard InChI is InChI=1S/C21H19F2N3S/c1-14(2)11-24-21-26(25-12-16-6-9-18(22)19(23)10-16)20(13-27-21)17-7-4-15(3)5-8-17/h4-10,12-13H,1,11H2,2-3H3. The van der Waals surface area contributed by atoms with Gasteiger partial charge >= 0.3 is 0 Å². The van der Waals surface area contributed by atoms with E-state index in [0.29, 0.717) is 16.9 Å². The maximum absolute atomic E-state index is 13.4. The highest BCUT2D eigenvalue weighted by molar-refractivity contribution is 7.07. The van der Waals surface area contributed by atoms with E-state index in [-0.39, 0.29) is 0 Å². The van der Waals surface area contributed by atoms with Gasteiger partial charge in [-0.15, -0.1) is 11.3 Å². The zero-order chi connectivity index (χ0) is 19.4. The lowest BCUT2D eigenvalue weighted by atomic mass is 10.1. The lowest BCUT2D eigenvalue weighted by Crippen LogP contribution is -2.13. The Hall–Kier alpha value is -2.86. The molecule has 3 aromatic rings. The number of nitrogens with zero attached hydrogens (tertiary/aromatic N) is 3. The van der Waals surface area contributed by atoms with Gasteiger partial charge in [-0.25, -0.2) is 13.5 Å². The van der Waals surface area contributed by atoms with Crippen molar-refractivity contribution in [2.75, 3.05) is 6.54 Å². The Morgan fingerprint density at radius 3 is 2.56 bits per heavy atom. The molecule has 0 spiro atoms. The highest BCUT2D eigenvalue weighted by atomic mass is 32.1. The van der Waals surface area contributed by atoms with Crippen LogP contribution in [0.3, 0.4) is 0 Å². The van der Waals surface area contributed by atoms with Gasteiger partial charge in [0.15, 0.2) is 11.6 Å². The Labute approximate surface area is 160 Å². The van der Waals surface area contributed by atoms with Crippen molar-refractivity contribution in [2.45, 2.75) is 13.8 Å². The highest BCUT2D eigenvalue weighted by Crippen LogP contribution is 2.20. The number of aryl methyl sites for hydroxylation is 1. The first-order valence-corrected chi connectivity index (χ1v) is 9.24. The summed E-state index contributed by atoms with van der Waals surface area (Å²) in [6.45, 7) is 8.30. The molecule has 0 aliphatic rings. The minimum Gasteiger partial charge on any atom is -0.253 e. The first-order chi connectivity index (χ1) is 12.9. The number of hydrogen-bond donors (Lipinski definition) is 0. The maximum atomic E-state index is 13.4. The van der Waals surface area contributed by atoms with Gasteiger partial charge in [0.2, 0.25) is 4.80 Å². The Balaban J connectivity index is 2.06. The van der Waals surface area contributed by atoms with Gasteiger partial charge in [0.25, 0.3) is 0 Å². The SMILES string of the molecule is C=C(C)CN=c1scc(-c2ccc(C)cc2)n1N=Cc1ccc(F)c(F)c1. The van der Waals surface area contributed by atoms with E-state index < -0.39 is 11.6 Å². The molecule has 3 nitrogen and oxygen atoms in total. The summed E-state index contributed by atoms with van der Waals surface area (Å²) in [6.07, 6.45) is 1.49. The first-order valence-electron chi connectivity index (χ1n) is 8.36. The van der Waals surface area contributed by atoms with Gasteiger partial charge in [0, 0.05) is 10.9 Å². The molecule has 0 amide bonds. The zero-order valence-corrected chi connectivity index (χ0v) is 15.9. The van der Waals surface area contributed by atoms with Crippen LogP contribution < -0.4 is 4.80 Å². The topological polar surface area (TPSA) is 29.6 Å². The van der Waals surface area contributed by atoms with E-state index in [2.05, 4.69) is 16.7 Å². The average molecular weight is 383 g/mol. The van der Waals surface area contributed by atoms with Crippen LogP contribution >= 0.6 is 11.3 Å². The monoisotopic (exact) mass is 383 g/mol. The van der Waals surface area contributed by atoms with Crippen molar-refractivity contribution in [3.8, 4) is 11.3 Å². The summed E-state index contributed by atoms with van der Waals surface area (Å²) in [5.41, 5.74) is 4.44. The van der Waals surface area contributed by atoms with Gasteiger partial charge in [-0.1, -0.05) is 48.0 Å². The molecule has 0 aliphatic carbocycles. The lowest BCUT2D eigenvalue weighted by Gasteiger charge is -2.04. The molecule has 0 fully saturated rings. The molecule has 0 N–H and O–H groups in total. The van der Waals surface area contributed by atoms with Gasteiger partial charge in [-0.2, -0.15) is 5.10 Å². The minimum atomic E-state index is -0.903. The summed E-state index contributed by atoms with van der Waals surface area (Å²) >= 11 is 1.47. The molecule has 138 valence electrons. The van der Waals surface area contributed by atoms with Gasteiger partial charge in [0.1, 0.15) is 0 Å². The van der Waals surface area contributed by atoms with E-state index in [0.717, 1.165) is 34.5 Å². The van der Waals surface area contributed by atoms with Crippen molar-refractivity contribution in [3.05, 3.63) is 87.6 Å². The van der Waals surface area contributed by atoms with Crippen LogP contribution in [0.25, 0.3) is 11.3 Å². The second-order valence-corrected chi connectivity index (χ2v) is 7.11. The predicted octanol–water partition coefficient (Wildman–Crippen LogP) is 5.16. The van der Waals surface area contributed by atoms with Crippen LogP contribution in [0.4, 0.5) is 8.78 Å². The zero-order valence-electron chi connectivity index (χ0n) is 15.1. The van der Waals surface area contributed by atoms with Crippen molar-refractivity contribution < 1.29 is 8.78 Å². The fourth-order valence-electron chi connectivity index (χ4n) is 2.36. The number of halogens is 2. The van der Waals surface area contributed by atoms with Crippen molar-refractivity contribution >= 4 is 17.6 Å². The number of benzene rings is 2. The van der Waals surface area contributed by atoms with Crippen molar-refractivity contribution in [3.63, 3.8) is 0 Å². The van der Waals surface area contributed by atoms with Crippen LogP contribution in [-0.4, -0.2) is 17.4 Å². The molecule has 0 radical (unpaired) electrons. The summed E-state index contributed by atoms with van der Waals surface area (Å²) < 4.78 is 28.3. The summed E-state index contributed by atoms with van der Waals surface area (Å²) in [7, 11) is 0. The molecule has 3 rings (SSSR count). The summed E-state index contributed by atoms with van der Waals surface area (Å²) in [6, 6.07) is 11.8. The molecule has 0 bridgehead atoms. The third-order valence-electron chi connectivity index (χ3n) is 3.78. The second kappa shape index (κ2) is 8.22. The summed E-state index contributed by atoms with van der Waals surface area (Å²) in [4.78, 5) is 5.25. The Morgan fingerprint density at radius 2 is 1.89 bits per heavy atom. The molecule has 0 atom stereocenters. The van der Waals surface area contributed by atoms with Crippen LogP contribution in [0.2, 0.25) is 0 Å². The van der Waals surface area contributed by atoms with E-state index in [4.69, 9.17) is 0 Å². The Kier molecular flexibility index (Phi) is 5.76. The third-order valence-corrected chi connectivity index (χ3v) is 4.64. The van der Waals surface area contributed by atoms with E-state index >= 15 is 0 Å². The van der Waals surface area contributed by atoms with Crippen molar-refractivity contribution in [2.24, 2.45) is 10.1 Å². The molecule has 0 unspecified atom stereocenters. The molecular formula is C21H19F2N3S. The van der Waals surface area contributed by atoms with E-state index in [9.17, 15) is 8.78 Å². The molecule has 0 saturated carbocycles. The van der Waals surface area contributed by atoms with E-state index in [1.807, 2.05) is 43.5 Å². The molecule has 0 saturated heterocycles. The van der Waals surface area contributed by atoms with E-state index in [1.165, 1.54) is 23.6 Å². The third kappa shape index (κ3) is 4.65. The fourth-order valence-corrected chi connectivity index (χ4v) is 3.20. The molecule has 27 heavy (non-hydrogen) atoms. The fraction of sp³-hybridized carbons (Fsp3) is 0.143. The predicted molar refractivity (Wildman–Crippen MR) is 107 cm³/mol. The van der Waals surface area contributed by atoms with Crippen LogP contribution in [0.15, 0.2) is 70.1 Å². The maximum Gasteiger partial charge on any atom is 0.206 e. The minimum absolute atomic E-state index is 0.466. The largest absolute Gasteiger partial charge is 0.253 e. The Bertz CT molecular complexity index is 1060. The van der Waals surface area contributed by atoms with E-state index in [1.54, 1.807) is 4.68 Å². The number of rotatable bonds is 5. The van der Waals surface area contributed by atoms with Gasteiger partial charge in [-0.3, -0.25) is 4.99 Å². The highest BCUT2D eigenvalue weighted by Gasteiger charge is 2.08. The number of aromatic nitrogens is 1. The Morgan fingerprint density at radius 1 is 1.15 bits per heavy atom. The van der Waals surface area contributed by atoms with Crippen LogP contribution in [0.5, 0.6) is 0 Å². The van der Waals surface area contributed by atoms with Gasteiger partial charge < -0.3 is 0 Å². The van der Waals surface area contributed by atoms with Crippen LogP contribution in [-0.2, 0) is 0 Å². The van der Waals surface area contributed by atoms with Crippen LogP contribution in [0.1, 0.15) is 18.1 Å². The summed E-state index contributed by atoms with van der Waals surface area (Å²) in [5, 5.41) is 6.45. The molecular weight excluding hydrogens is 364 g/mol. The summed E-state index contributed by atoms with van der Waals surface area (Å²) in [5.74, 6) is -1.78. The molecule has 1 aromatic heterocycles. The lowest BCUT2D eigenvalue weighted by molar-refractivity contribution is 0.508.